The minimum Gasteiger partial charge on any atom is -0.507 e. The van der Waals surface area contributed by atoms with E-state index in [-0.39, 0.29) is 17.4 Å². The predicted octanol–water partition coefficient (Wildman–Crippen LogP) is 5.24. The molecule has 1 heterocycles. The molecule has 2 aromatic carbocycles. The molecule has 31 heavy (non-hydrogen) atoms. The van der Waals surface area contributed by atoms with Crippen LogP contribution in [0.5, 0.6) is 0 Å². The molecule has 1 saturated carbocycles. The Morgan fingerprint density at radius 1 is 0.935 bits per heavy atom. The van der Waals surface area contributed by atoms with Crippen LogP contribution in [0.15, 0.2) is 48.0 Å². The highest BCUT2D eigenvalue weighted by atomic mass is 16.3. The van der Waals surface area contributed by atoms with Crippen LogP contribution >= 0.6 is 0 Å². The summed E-state index contributed by atoms with van der Waals surface area (Å²) in [6.45, 7) is 2.01. The molecule has 1 amide bonds. The number of likely N-dealkylation sites (tertiary alicyclic amines) is 1. The molecule has 3 aliphatic rings. The van der Waals surface area contributed by atoms with Crippen molar-refractivity contribution in [2.75, 3.05) is 0 Å². The molecule has 160 valence electrons. The van der Waals surface area contributed by atoms with Gasteiger partial charge in [-0.3, -0.25) is 9.59 Å². The van der Waals surface area contributed by atoms with Gasteiger partial charge in [-0.05, 0) is 68.2 Å². The van der Waals surface area contributed by atoms with E-state index in [0.29, 0.717) is 5.56 Å². The highest BCUT2D eigenvalue weighted by Crippen LogP contribution is 2.43. The standard InChI is InChI=1S/C27H29NO3/c1-17-7-6-10-20(15-17)24-23(26(30)27(31)28(24)22-11-4-5-12-22)25(29)21-14-13-18-8-2-3-9-19(18)16-21/h6-7,10,13-16,22,24,29H,2-5,8-9,11-12H2,1H3/b25-23-. The van der Waals surface area contributed by atoms with E-state index in [2.05, 4.69) is 6.07 Å². The summed E-state index contributed by atoms with van der Waals surface area (Å²) in [7, 11) is 0. The van der Waals surface area contributed by atoms with Crippen LogP contribution < -0.4 is 0 Å². The number of nitrogens with zero attached hydrogens (tertiary/aromatic N) is 1. The fourth-order valence-corrected chi connectivity index (χ4v) is 5.61. The molecule has 0 spiro atoms. The van der Waals surface area contributed by atoms with Crippen LogP contribution in [0.3, 0.4) is 0 Å². The van der Waals surface area contributed by atoms with Crippen molar-refractivity contribution in [2.45, 2.75) is 70.4 Å². The molecular formula is C27H29NO3. The zero-order chi connectivity index (χ0) is 21.5. The number of aliphatic hydroxyl groups is 1. The van der Waals surface area contributed by atoms with E-state index in [9.17, 15) is 14.7 Å². The summed E-state index contributed by atoms with van der Waals surface area (Å²) in [5.74, 6) is -1.08. The van der Waals surface area contributed by atoms with Crippen LogP contribution in [0.1, 0.15) is 72.4 Å². The molecule has 1 saturated heterocycles. The van der Waals surface area contributed by atoms with Crippen molar-refractivity contribution in [3.63, 3.8) is 0 Å². The molecule has 2 fully saturated rings. The zero-order valence-corrected chi connectivity index (χ0v) is 18.1. The molecular weight excluding hydrogens is 386 g/mol. The Kier molecular flexibility index (Phi) is 5.17. The van der Waals surface area contributed by atoms with Gasteiger partial charge in [0.25, 0.3) is 11.7 Å². The van der Waals surface area contributed by atoms with Crippen molar-refractivity contribution in [1.29, 1.82) is 0 Å². The summed E-state index contributed by atoms with van der Waals surface area (Å²) in [6, 6.07) is 13.5. The number of rotatable bonds is 3. The van der Waals surface area contributed by atoms with Gasteiger partial charge in [0.2, 0.25) is 0 Å². The number of fused-ring (bicyclic) bond motifs is 1. The first-order chi connectivity index (χ1) is 15.0. The number of hydrogen-bond acceptors (Lipinski definition) is 3. The summed E-state index contributed by atoms with van der Waals surface area (Å²) < 4.78 is 0. The first kappa shape index (κ1) is 20.0. The van der Waals surface area contributed by atoms with E-state index in [4.69, 9.17) is 0 Å². The Bertz CT molecular complexity index is 1080. The van der Waals surface area contributed by atoms with Crippen molar-refractivity contribution in [2.24, 2.45) is 0 Å². The lowest BCUT2D eigenvalue weighted by Gasteiger charge is -2.31. The van der Waals surface area contributed by atoms with Crippen LogP contribution in [0.2, 0.25) is 0 Å². The highest BCUT2D eigenvalue weighted by molar-refractivity contribution is 6.46. The van der Waals surface area contributed by atoms with E-state index >= 15 is 0 Å². The van der Waals surface area contributed by atoms with Gasteiger partial charge in [-0.15, -0.1) is 0 Å². The molecule has 4 nitrogen and oxygen atoms in total. The highest BCUT2D eigenvalue weighted by Gasteiger charge is 2.49. The lowest BCUT2D eigenvalue weighted by molar-refractivity contribution is -0.141. The fraction of sp³-hybridized carbons (Fsp3) is 0.407. The van der Waals surface area contributed by atoms with Gasteiger partial charge in [0, 0.05) is 11.6 Å². The smallest absolute Gasteiger partial charge is 0.295 e. The van der Waals surface area contributed by atoms with Crippen molar-refractivity contribution in [3.8, 4) is 0 Å². The second-order valence-corrected chi connectivity index (χ2v) is 9.25. The monoisotopic (exact) mass is 415 g/mol. The maximum Gasteiger partial charge on any atom is 0.295 e. The number of aliphatic hydroxyl groups excluding tert-OH is 1. The third-order valence-corrected chi connectivity index (χ3v) is 7.18. The van der Waals surface area contributed by atoms with Gasteiger partial charge in [-0.2, -0.15) is 0 Å². The molecule has 0 radical (unpaired) electrons. The van der Waals surface area contributed by atoms with Crippen molar-refractivity contribution >= 4 is 17.4 Å². The second-order valence-electron chi connectivity index (χ2n) is 9.25. The maximum absolute atomic E-state index is 13.2. The van der Waals surface area contributed by atoms with Gasteiger partial charge in [0.15, 0.2) is 0 Å². The fourth-order valence-electron chi connectivity index (χ4n) is 5.61. The number of ketones is 1. The van der Waals surface area contributed by atoms with Crippen LogP contribution in [-0.4, -0.2) is 27.7 Å². The van der Waals surface area contributed by atoms with Crippen LogP contribution in [0.4, 0.5) is 0 Å². The molecule has 1 aliphatic heterocycles. The Morgan fingerprint density at radius 2 is 1.68 bits per heavy atom. The van der Waals surface area contributed by atoms with Crippen molar-refractivity contribution in [1.82, 2.24) is 4.90 Å². The molecule has 0 bridgehead atoms. The molecule has 1 atom stereocenters. The Hall–Kier alpha value is -2.88. The van der Waals surface area contributed by atoms with Gasteiger partial charge in [0.1, 0.15) is 5.76 Å². The van der Waals surface area contributed by atoms with Gasteiger partial charge in [-0.25, -0.2) is 0 Å². The average Bonchev–Trinajstić information content (AvgIpc) is 3.40. The summed E-state index contributed by atoms with van der Waals surface area (Å²) in [5.41, 5.74) is 5.41. The topological polar surface area (TPSA) is 57.6 Å². The molecule has 2 aromatic rings. The van der Waals surface area contributed by atoms with Crippen LogP contribution in [0.25, 0.3) is 5.76 Å². The van der Waals surface area contributed by atoms with E-state index in [0.717, 1.165) is 56.1 Å². The molecule has 1 N–H and O–H groups in total. The van der Waals surface area contributed by atoms with E-state index < -0.39 is 17.7 Å². The third kappa shape index (κ3) is 3.48. The van der Waals surface area contributed by atoms with Gasteiger partial charge < -0.3 is 10.0 Å². The van der Waals surface area contributed by atoms with Gasteiger partial charge in [0.05, 0.1) is 11.6 Å². The predicted molar refractivity (Wildman–Crippen MR) is 121 cm³/mol. The normalized spacial score (nSPS) is 23.4. The second kappa shape index (κ2) is 7.99. The molecule has 0 aromatic heterocycles. The molecule has 2 aliphatic carbocycles. The number of amides is 1. The average molecular weight is 416 g/mol. The third-order valence-electron chi connectivity index (χ3n) is 7.18. The van der Waals surface area contributed by atoms with Crippen LogP contribution in [0, 0.1) is 6.92 Å². The SMILES string of the molecule is Cc1cccc(C2/C(=C(/O)c3ccc4c(c3)CCCC4)C(=O)C(=O)N2C2CCCC2)c1. The molecule has 1 unspecified atom stereocenters. The quantitative estimate of drug-likeness (QED) is 0.424. The summed E-state index contributed by atoms with van der Waals surface area (Å²) in [4.78, 5) is 28.2. The number of benzene rings is 2. The number of hydrogen-bond donors (Lipinski definition) is 1. The largest absolute Gasteiger partial charge is 0.507 e. The number of carbonyl (C=O) groups is 2. The van der Waals surface area contributed by atoms with E-state index in [1.807, 2.05) is 43.3 Å². The number of carbonyl (C=O) groups excluding carboxylic acids is 2. The number of aryl methyl sites for hydroxylation is 3. The number of Topliss-reactive ketones (excluding diaryl/α,β-unsaturated/α-hetero) is 1. The van der Waals surface area contributed by atoms with Gasteiger partial charge >= 0.3 is 0 Å². The van der Waals surface area contributed by atoms with Crippen molar-refractivity contribution < 1.29 is 14.7 Å². The minimum absolute atomic E-state index is 0.0428. The molecule has 5 rings (SSSR count). The maximum atomic E-state index is 13.2. The van der Waals surface area contributed by atoms with Crippen molar-refractivity contribution in [3.05, 3.63) is 75.9 Å². The lowest BCUT2D eigenvalue weighted by Crippen LogP contribution is -2.37. The van der Waals surface area contributed by atoms with E-state index in [1.165, 1.54) is 17.5 Å². The van der Waals surface area contributed by atoms with E-state index in [1.54, 1.807) is 4.90 Å². The summed E-state index contributed by atoms with van der Waals surface area (Å²) >= 11 is 0. The Morgan fingerprint density at radius 3 is 2.42 bits per heavy atom. The summed E-state index contributed by atoms with van der Waals surface area (Å²) in [5, 5.41) is 11.4. The Labute approximate surface area is 183 Å². The lowest BCUT2D eigenvalue weighted by atomic mass is 9.88. The molecule has 4 heteroatoms. The van der Waals surface area contributed by atoms with Crippen LogP contribution in [-0.2, 0) is 22.4 Å². The Balaban J connectivity index is 1.65. The zero-order valence-electron chi connectivity index (χ0n) is 18.1. The first-order valence-electron chi connectivity index (χ1n) is 11.5. The van der Waals surface area contributed by atoms with Gasteiger partial charge in [-0.1, -0.05) is 54.8 Å². The minimum atomic E-state index is -0.561. The summed E-state index contributed by atoms with van der Waals surface area (Å²) in [6.07, 6.45) is 8.35. The first-order valence-corrected chi connectivity index (χ1v) is 11.5.